The zero-order chi connectivity index (χ0) is 9.10. The summed E-state index contributed by atoms with van der Waals surface area (Å²) in [5.74, 6) is 0.429. The Morgan fingerprint density at radius 2 is 2.23 bits per heavy atom. The van der Waals surface area contributed by atoms with Crippen LogP contribution in [-0.4, -0.2) is 29.8 Å². The highest BCUT2D eigenvalue weighted by atomic mass is 15.5. The highest BCUT2D eigenvalue weighted by molar-refractivity contribution is 5.19. The molecule has 2 aromatic rings. The molecule has 0 aromatic carbocycles. The average Bonchev–Trinajstić information content (AvgIpc) is 2.71. The number of hydrogen-bond donors (Lipinski definition) is 1. The van der Waals surface area contributed by atoms with Crippen molar-refractivity contribution in [3.63, 3.8) is 0 Å². The van der Waals surface area contributed by atoms with E-state index >= 15 is 0 Å². The second kappa shape index (κ2) is 3.21. The summed E-state index contributed by atoms with van der Waals surface area (Å²) < 4.78 is 1.71. The normalized spacial score (nSPS) is 10.5. The molecule has 2 aromatic heterocycles. The quantitative estimate of drug-likeness (QED) is 0.663. The molecular weight excluding hydrogens is 170 g/mol. The molecule has 7 heteroatoms. The first-order valence-electron chi connectivity index (χ1n) is 3.82. The van der Waals surface area contributed by atoms with Crippen molar-refractivity contribution in [3.05, 3.63) is 18.9 Å². The third-order valence-electron chi connectivity index (χ3n) is 1.55. The van der Waals surface area contributed by atoms with Gasteiger partial charge in [0.1, 0.15) is 12.7 Å². The summed E-state index contributed by atoms with van der Waals surface area (Å²) in [5.41, 5.74) is 5.40. The van der Waals surface area contributed by atoms with Gasteiger partial charge in [-0.2, -0.15) is 15.0 Å². The van der Waals surface area contributed by atoms with Gasteiger partial charge in [-0.3, -0.25) is 4.68 Å². The molecule has 7 nitrogen and oxygen atoms in total. The number of aromatic nitrogens is 6. The van der Waals surface area contributed by atoms with Crippen LogP contribution >= 0.6 is 0 Å². The molecule has 68 valence electrons. The Bertz CT molecular complexity index is 362. The zero-order valence-corrected chi connectivity index (χ0v) is 6.91. The molecule has 0 aliphatic rings. The van der Waals surface area contributed by atoms with Crippen molar-refractivity contribution in [2.24, 2.45) is 0 Å². The maximum Gasteiger partial charge on any atom is 0.165 e. The fraction of sp³-hybridized carbons (Fsp3) is 0.333. The van der Waals surface area contributed by atoms with E-state index < -0.39 is 0 Å². The van der Waals surface area contributed by atoms with Gasteiger partial charge in [0.05, 0.1) is 19.3 Å². The number of hydrogen-bond acceptors (Lipinski definition) is 5. The smallest absolute Gasteiger partial charge is 0.165 e. The molecule has 0 bridgehead atoms. The van der Waals surface area contributed by atoms with Gasteiger partial charge < -0.3 is 5.73 Å². The fourth-order valence-electron chi connectivity index (χ4n) is 0.959. The van der Waals surface area contributed by atoms with Crippen LogP contribution < -0.4 is 5.73 Å². The maximum atomic E-state index is 5.40. The molecule has 0 saturated heterocycles. The lowest BCUT2D eigenvalue weighted by Crippen LogP contribution is -2.10. The van der Waals surface area contributed by atoms with Gasteiger partial charge in [0.15, 0.2) is 5.82 Å². The van der Waals surface area contributed by atoms with Crippen LogP contribution in [0.5, 0.6) is 0 Å². The molecule has 0 atom stereocenters. The minimum absolute atomic E-state index is 0.429. The Kier molecular flexibility index (Phi) is 1.91. The summed E-state index contributed by atoms with van der Waals surface area (Å²) >= 11 is 0. The van der Waals surface area contributed by atoms with Crippen molar-refractivity contribution in [2.75, 3.05) is 5.73 Å². The van der Waals surface area contributed by atoms with E-state index in [1.807, 2.05) is 0 Å². The van der Waals surface area contributed by atoms with Crippen molar-refractivity contribution in [1.29, 1.82) is 0 Å². The highest BCUT2D eigenvalue weighted by Gasteiger charge is 1.96. The van der Waals surface area contributed by atoms with Crippen molar-refractivity contribution in [1.82, 2.24) is 29.8 Å². The largest absolute Gasteiger partial charge is 0.381 e. The molecule has 0 amide bonds. The molecule has 0 saturated carbocycles. The number of nitrogens with zero attached hydrogens (tertiary/aromatic N) is 6. The molecule has 2 rings (SSSR count). The molecule has 0 unspecified atom stereocenters. The second-order valence-electron chi connectivity index (χ2n) is 2.52. The summed E-state index contributed by atoms with van der Waals surface area (Å²) in [6.07, 6.45) is 4.65. The Hall–Kier alpha value is -1.92. The van der Waals surface area contributed by atoms with Crippen LogP contribution in [-0.2, 0) is 13.1 Å². The molecule has 0 aliphatic carbocycles. The molecule has 0 fully saturated rings. The van der Waals surface area contributed by atoms with E-state index in [-0.39, 0.29) is 0 Å². The van der Waals surface area contributed by atoms with Crippen molar-refractivity contribution in [3.8, 4) is 0 Å². The predicted molar refractivity (Wildman–Crippen MR) is 44.5 cm³/mol. The standard InChI is InChI=1S/C6H9N7/c7-6-3-9-13(11-6)2-1-12-5-8-4-10-12/h3-5H,1-2H2,(H2,7,11). The van der Waals surface area contributed by atoms with E-state index in [9.17, 15) is 0 Å². The third-order valence-corrected chi connectivity index (χ3v) is 1.55. The molecule has 2 N–H and O–H groups in total. The molecular formula is C6H9N7. The topological polar surface area (TPSA) is 87.4 Å². The van der Waals surface area contributed by atoms with Crippen LogP contribution in [0.3, 0.4) is 0 Å². The molecule has 13 heavy (non-hydrogen) atoms. The fourth-order valence-corrected chi connectivity index (χ4v) is 0.959. The predicted octanol–water partition coefficient (Wildman–Crippen LogP) is -0.848. The molecule has 0 spiro atoms. The van der Waals surface area contributed by atoms with Crippen LogP contribution in [0, 0.1) is 0 Å². The molecule has 2 heterocycles. The Labute approximate surface area is 74.2 Å². The summed E-state index contributed by atoms with van der Waals surface area (Å²) in [7, 11) is 0. The maximum absolute atomic E-state index is 5.40. The minimum atomic E-state index is 0.429. The number of aryl methyl sites for hydroxylation is 2. The van der Waals surface area contributed by atoms with Gasteiger partial charge in [0, 0.05) is 0 Å². The van der Waals surface area contributed by atoms with Crippen LogP contribution in [0.25, 0.3) is 0 Å². The average molecular weight is 179 g/mol. The monoisotopic (exact) mass is 179 g/mol. The first-order valence-corrected chi connectivity index (χ1v) is 3.82. The van der Waals surface area contributed by atoms with Crippen molar-refractivity contribution >= 4 is 5.82 Å². The van der Waals surface area contributed by atoms with Gasteiger partial charge in [-0.05, 0) is 0 Å². The number of nitrogen functional groups attached to an aromatic ring is 1. The van der Waals surface area contributed by atoms with E-state index in [0.29, 0.717) is 18.9 Å². The van der Waals surface area contributed by atoms with Crippen LogP contribution in [0.15, 0.2) is 18.9 Å². The van der Waals surface area contributed by atoms with Gasteiger partial charge >= 0.3 is 0 Å². The Balaban J connectivity index is 1.93. The van der Waals surface area contributed by atoms with Crippen molar-refractivity contribution < 1.29 is 0 Å². The first-order chi connectivity index (χ1) is 6.34. The summed E-state index contributed by atoms with van der Waals surface area (Å²) in [4.78, 5) is 5.34. The minimum Gasteiger partial charge on any atom is -0.381 e. The van der Waals surface area contributed by atoms with Gasteiger partial charge in [-0.15, -0.1) is 5.10 Å². The van der Waals surface area contributed by atoms with Crippen LogP contribution in [0.4, 0.5) is 5.82 Å². The lowest BCUT2D eigenvalue weighted by molar-refractivity contribution is 0.458. The molecule has 0 radical (unpaired) electrons. The lowest BCUT2D eigenvalue weighted by atomic mass is 10.6. The Morgan fingerprint density at radius 3 is 2.85 bits per heavy atom. The molecule has 0 aliphatic heterocycles. The van der Waals surface area contributed by atoms with Gasteiger partial charge in [-0.25, -0.2) is 4.98 Å². The second-order valence-corrected chi connectivity index (χ2v) is 2.52. The van der Waals surface area contributed by atoms with Crippen LogP contribution in [0.2, 0.25) is 0 Å². The number of anilines is 1. The van der Waals surface area contributed by atoms with Crippen LogP contribution in [0.1, 0.15) is 0 Å². The van der Waals surface area contributed by atoms with Gasteiger partial charge in [-0.1, -0.05) is 0 Å². The van der Waals surface area contributed by atoms with Crippen molar-refractivity contribution in [2.45, 2.75) is 13.1 Å². The third kappa shape index (κ3) is 1.81. The Morgan fingerprint density at radius 1 is 1.31 bits per heavy atom. The summed E-state index contributed by atoms with van der Waals surface area (Å²) in [6.45, 7) is 1.33. The summed E-state index contributed by atoms with van der Waals surface area (Å²) in [5, 5.41) is 11.8. The van der Waals surface area contributed by atoms with E-state index in [1.54, 1.807) is 11.0 Å². The van der Waals surface area contributed by atoms with E-state index in [0.717, 1.165) is 0 Å². The number of rotatable bonds is 3. The number of nitrogens with two attached hydrogens (primary N) is 1. The zero-order valence-electron chi connectivity index (χ0n) is 6.91. The van der Waals surface area contributed by atoms with E-state index in [4.69, 9.17) is 5.73 Å². The first kappa shape index (κ1) is 7.71. The van der Waals surface area contributed by atoms with Gasteiger partial charge in [0.2, 0.25) is 0 Å². The SMILES string of the molecule is Nc1cnn(CCn2cncn2)n1. The summed E-state index contributed by atoms with van der Waals surface area (Å²) in [6, 6.07) is 0. The highest BCUT2D eigenvalue weighted by Crippen LogP contribution is 1.91. The van der Waals surface area contributed by atoms with Gasteiger partial charge in [0.25, 0.3) is 0 Å². The van der Waals surface area contributed by atoms with E-state index in [2.05, 4.69) is 20.3 Å². The lowest BCUT2D eigenvalue weighted by Gasteiger charge is -1.98. The van der Waals surface area contributed by atoms with E-state index in [1.165, 1.54) is 17.3 Å².